The van der Waals surface area contributed by atoms with Crippen molar-refractivity contribution in [3.05, 3.63) is 17.5 Å². The molecule has 1 heterocycles. The summed E-state index contributed by atoms with van der Waals surface area (Å²) in [7, 11) is 0.936. The van der Waals surface area contributed by atoms with E-state index in [-0.39, 0.29) is 6.07 Å². The van der Waals surface area contributed by atoms with Crippen LogP contribution in [0.3, 0.4) is 0 Å². The van der Waals surface area contributed by atoms with Gasteiger partial charge in [-0.3, -0.25) is 4.79 Å². The molecule has 1 aromatic rings. The third-order valence-corrected chi connectivity index (χ3v) is 2.08. The van der Waals surface area contributed by atoms with Crippen molar-refractivity contribution in [3.63, 3.8) is 0 Å². The highest BCUT2D eigenvalue weighted by molar-refractivity contribution is 5.72. The van der Waals surface area contributed by atoms with Crippen LogP contribution in [0.25, 0.3) is 0 Å². The van der Waals surface area contributed by atoms with Crippen LogP contribution < -0.4 is 4.74 Å². The van der Waals surface area contributed by atoms with E-state index in [1.54, 1.807) is 0 Å². The Hall–Kier alpha value is -2.20. The zero-order chi connectivity index (χ0) is 16.4. The van der Waals surface area contributed by atoms with E-state index in [4.69, 9.17) is 0 Å². The molecular formula is C10H7F6NO4. The number of ether oxygens (including phenoxy) is 2. The van der Waals surface area contributed by atoms with E-state index in [9.17, 15) is 36.2 Å². The molecule has 5 nitrogen and oxygen atoms in total. The Balaban J connectivity index is 3.33. The van der Waals surface area contributed by atoms with Gasteiger partial charge in [0.1, 0.15) is 5.75 Å². The van der Waals surface area contributed by atoms with Crippen molar-refractivity contribution in [2.24, 2.45) is 0 Å². The second kappa shape index (κ2) is 5.66. The molecule has 0 aliphatic carbocycles. The fraction of sp³-hybridized carbons (Fsp3) is 0.400. The van der Waals surface area contributed by atoms with Crippen molar-refractivity contribution < 1.29 is 45.7 Å². The van der Waals surface area contributed by atoms with Gasteiger partial charge in [0.15, 0.2) is 11.4 Å². The van der Waals surface area contributed by atoms with Gasteiger partial charge in [-0.2, -0.15) is 13.2 Å². The van der Waals surface area contributed by atoms with E-state index in [1.165, 1.54) is 0 Å². The van der Waals surface area contributed by atoms with Crippen molar-refractivity contribution in [1.82, 2.24) is 4.98 Å². The van der Waals surface area contributed by atoms with Crippen molar-refractivity contribution >= 4 is 5.97 Å². The number of aromatic hydroxyl groups is 1. The van der Waals surface area contributed by atoms with Crippen molar-refractivity contribution in [2.45, 2.75) is 19.0 Å². The number of carbonyl (C=O) groups excluding carboxylic acids is 1. The van der Waals surface area contributed by atoms with Crippen LogP contribution >= 0.6 is 0 Å². The molecule has 0 spiro atoms. The van der Waals surface area contributed by atoms with Gasteiger partial charge in [0.2, 0.25) is 0 Å². The number of halogens is 6. The Labute approximate surface area is 113 Å². The number of hydrogen-bond acceptors (Lipinski definition) is 5. The molecule has 1 N–H and O–H groups in total. The predicted octanol–water partition coefficient (Wildman–Crippen LogP) is 2.42. The van der Waals surface area contributed by atoms with Gasteiger partial charge in [-0.1, -0.05) is 0 Å². The van der Waals surface area contributed by atoms with Crippen LogP contribution in [0.2, 0.25) is 0 Å². The number of aromatic nitrogens is 1. The maximum atomic E-state index is 12.6. The van der Waals surface area contributed by atoms with Gasteiger partial charge in [0, 0.05) is 6.07 Å². The molecule has 0 aliphatic rings. The molecule has 0 amide bonds. The molecule has 0 aliphatic heterocycles. The highest BCUT2D eigenvalue weighted by Gasteiger charge is 2.41. The number of nitrogens with zero attached hydrogens (tertiary/aromatic N) is 1. The molecule has 1 aromatic heterocycles. The Bertz CT molecular complexity index is 540. The molecule has 0 radical (unpaired) electrons. The second-order valence-electron chi connectivity index (χ2n) is 3.60. The summed E-state index contributed by atoms with van der Waals surface area (Å²) in [4.78, 5) is 13.8. The first kappa shape index (κ1) is 16.9. The third-order valence-electron chi connectivity index (χ3n) is 2.08. The Morgan fingerprint density at radius 1 is 1.29 bits per heavy atom. The molecule has 0 aromatic carbocycles. The normalized spacial score (nSPS) is 12.1. The number of hydrogen-bond donors (Lipinski definition) is 1. The number of carbonyl (C=O) groups is 1. The lowest BCUT2D eigenvalue weighted by atomic mass is 10.2. The first-order chi connectivity index (χ1) is 9.44. The van der Waals surface area contributed by atoms with Gasteiger partial charge in [0.05, 0.1) is 19.2 Å². The Kier molecular flexibility index (Phi) is 4.54. The molecule has 0 fully saturated rings. The van der Waals surface area contributed by atoms with Gasteiger partial charge in [-0.05, 0) is 0 Å². The van der Waals surface area contributed by atoms with Crippen LogP contribution in [0.4, 0.5) is 26.3 Å². The molecule has 0 atom stereocenters. The van der Waals surface area contributed by atoms with Gasteiger partial charge in [-0.25, -0.2) is 4.98 Å². The van der Waals surface area contributed by atoms with Crippen molar-refractivity contribution in [2.75, 3.05) is 7.11 Å². The monoisotopic (exact) mass is 319 g/mol. The lowest BCUT2D eigenvalue weighted by molar-refractivity contribution is -0.276. The van der Waals surface area contributed by atoms with Crippen molar-refractivity contribution in [1.29, 1.82) is 0 Å². The third kappa shape index (κ3) is 4.68. The quantitative estimate of drug-likeness (QED) is 0.684. The molecule has 0 bridgehead atoms. The van der Waals surface area contributed by atoms with Crippen LogP contribution in [0.1, 0.15) is 11.4 Å². The molecule has 21 heavy (non-hydrogen) atoms. The summed E-state index contributed by atoms with van der Waals surface area (Å²) in [6.45, 7) is 0. The number of esters is 1. The van der Waals surface area contributed by atoms with E-state index in [1.807, 2.05) is 0 Å². The predicted molar refractivity (Wildman–Crippen MR) is 53.3 cm³/mol. The summed E-state index contributed by atoms with van der Waals surface area (Å²) in [6, 6.07) is 0.0849. The molecule has 1 rings (SSSR count). The lowest BCUT2D eigenvalue weighted by Crippen LogP contribution is -2.22. The van der Waals surface area contributed by atoms with Crippen LogP contribution in [-0.2, 0) is 22.1 Å². The van der Waals surface area contributed by atoms with E-state index in [0.29, 0.717) is 0 Å². The molecular weight excluding hydrogens is 312 g/mol. The molecule has 0 saturated heterocycles. The van der Waals surface area contributed by atoms with Gasteiger partial charge in [0.25, 0.3) is 0 Å². The summed E-state index contributed by atoms with van der Waals surface area (Å²) < 4.78 is 81.4. The van der Waals surface area contributed by atoms with E-state index in [0.717, 1.165) is 7.11 Å². The highest BCUT2D eigenvalue weighted by Crippen LogP contribution is 2.39. The van der Waals surface area contributed by atoms with Crippen LogP contribution in [0, 0.1) is 0 Å². The maximum Gasteiger partial charge on any atom is 0.573 e. The Morgan fingerprint density at radius 2 is 1.86 bits per heavy atom. The standard InChI is InChI=1S/C10H7F6NO4/c1-20-7(19)2-4-5(18)3-6(21-10(14,15)16)8(17-4)9(11,12)13/h3,18H,2H2,1H3. The number of methoxy groups -OCH3 is 1. The number of pyridine rings is 1. The van der Waals surface area contributed by atoms with E-state index in [2.05, 4.69) is 14.5 Å². The topological polar surface area (TPSA) is 68.7 Å². The number of alkyl halides is 6. The van der Waals surface area contributed by atoms with Gasteiger partial charge in [-0.15, -0.1) is 13.2 Å². The van der Waals surface area contributed by atoms with E-state index >= 15 is 0 Å². The van der Waals surface area contributed by atoms with Crippen LogP contribution in [0.15, 0.2) is 6.07 Å². The minimum absolute atomic E-state index is 0.0849. The summed E-state index contributed by atoms with van der Waals surface area (Å²) in [6.07, 6.45) is -11.5. The summed E-state index contributed by atoms with van der Waals surface area (Å²) >= 11 is 0. The highest BCUT2D eigenvalue weighted by atomic mass is 19.4. The zero-order valence-corrected chi connectivity index (χ0v) is 10.2. The average molecular weight is 319 g/mol. The summed E-state index contributed by atoms with van der Waals surface area (Å²) in [5.74, 6) is -3.82. The zero-order valence-electron chi connectivity index (χ0n) is 10.2. The number of rotatable bonds is 3. The minimum atomic E-state index is -5.40. The van der Waals surface area contributed by atoms with Gasteiger partial charge < -0.3 is 14.6 Å². The first-order valence-electron chi connectivity index (χ1n) is 5.06. The second-order valence-corrected chi connectivity index (χ2v) is 3.60. The smallest absolute Gasteiger partial charge is 0.506 e. The Morgan fingerprint density at radius 3 is 2.29 bits per heavy atom. The average Bonchev–Trinajstić information content (AvgIpc) is 2.28. The van der Waals surface area contributed by atoms with Crippen LogP contribution in [-0.4, -0.2) is 29.5 Å². The largest absolute Gasteiger partial charge is 0.573 e. The summed E-state index contributed by atoms with van der Waals surface area (Å²) in [5.41, 5.74) is -2.81. The van der Waals surface area contributed by atoms with Gasteiger partial charge >= 0.3 is 18.5 Å². The first-order valence-corrected chi connectivity index (χ1v) is 5.06. The van der Waals surface area contributed by atoms with Crippen molar-refractivity contribution in [3.8, 4) is 11.5 Å². The fourth-order valence-corrected chi connectivity index (χ4v) is 1.27. The maximum absolute atomic E-state index is 12.6. The van der Waals surface area contributed by atoms with E-state index < -0.39 is 47.8 Å². The summed E-state index contributed by atoms with van der Waals surface area (Å²) in [5, 5.41) is 9.34. The SMILES string of the molecule is COC(=O)Cc1nc(C(F)(F)F)c(OC(F)(F)F)cc1O. The molecule has 0 unspecified atom stereocenters. The minimum Gasteiger partial charge on any atom is -0.506 e. The van der Waals surface area contributed by atoms with Crippen LogP contribution in [0.5, 0.6) is 11.5 Å². The molecule has 0 saturated carbocycles. The molecule has 118 valence electrons. The fourth-order valence-electron chi connectivity index (χ4n) is 1.27. The molecule has 11 heteroatoms. The lowest BCUT2D eigenvalue weighted by Gasteiger charge is -2.16.